The van der Waals surface area contributed by atoms with E-state index in [9.17, 15) is 18.0 Å². The fourth-order valence-corrected chi connectivity index (χ4v) is 3.43. The van der Waals surface area contributed by atoms with Gasteiger partial charge >= 0.3 is 12.1 Å². The monoisotopic (exact) mass is 459 g/mol. The Bertz CT molecular complexity index is 1100. The quantitative estimate of drug-likeness (QED) is 0.417. The first-order valence-corrected chi connectivity index (χ1v) is 10.0. The fourth-order valence-electron chi connectivity index (χ4n) is 3.21. The smallest absolute Gasteiger partial charge is 0.416 e. The second kappa shape index (κ2) is 9.82. The lowest BCUT2D eigenvalue weighted by Gasteiger charge is -2.14. The van der Waals surface area contributed by atoms with Gasteiger partial charge in [-0.15, -0.1) is 0 Å². The maximum absolute atomic E-state index is 12.8. The molecule has 8 heteroatoms. The van der Waals surface area contributed by atoms with Crippen molar-refractivity contribution in [1.29, 1.82) is 0 Å². The van der Waals surface area contributed by atoms with E-state index >= 15 is 0 Å². The molecular formula is C24H20F3NO3S. The predicted molar refractivity (Wildman–Crippen MR) is 119 cm³/mol. The van der Waals surface area contributed by atoms with Crippen LogP contribution in [0.15, 0.2) is 72.8 Å². The van der Waals surface area contributed by atoms with E-state index in [-0.39, 0.29) is 18.0 Å². The number of carboxylic acids is 1. The van der Waals surface area contributed by atoms with Crippen LogP contribution in [0.1, 0.15) is 29.0 Å². The molecule has 0 saturated heterocycles. The van der Waals surface area contributed by atoms with Gasteiger partial charge in [-0.05, 0) is 52.6 Å². The molecule has 3 rings (SSSR count). The van der Waals surface area contributed by atoms with E-state index in [0.717, 1.165) is 23.3 Å². The van der Waals surface area contributed by atoms with Crippen molar-refractivity contribution < 1.29 is 27.8 Å². The highest BCUT2D eigenvalue weighted by atomic mass is 32.1. The van der Waals surface area contributed by atoms with Crippen molar-refractivity contribution in [3.63, 3.8) is 0 Å². The van der Waals surface area contributed by atoms with Crippen molar-refractivity contribution in [3.8, 4) is 16.9 Å². The summed E-state index contributed by atoms with van der Waals surface area (Å²) in [5.74, 6) is -0.973. The van der Waals surface area contributed by atoms with Gasteiger partial charge in [-0.25, -0.2) is 0 Å². The van der Waals surface area contributed by atoms with Gasteiger partial charge in [-0.2, -0.15) is 13.2 Å². The molecule has 3 aromatic rings. The van der Waals surface area contributed by atoms with Gasteiger partial charge in [0.25, 0.3) is 0 Å². The largest absolute Gasteiger partial charge is 0.489 e. The molecule has 0 amide bonds. The highest BCUT2D eigenvalue weighted by Crippen LogP contribution is 2.31. The van der Waals surface area contributed by atoms with Crippen molar-refractivity contribution in [2.24, 2.45) is 5.73 Å². The Kier molecular flexibility index (Phi) is 7.15. The van der Waals surface area contributed by atoms with Gasteiger partial charge in [0.2, 0.25) is 0 Å². The molecule has 3 N–H and O–H groups in total. The molecule has 166 valence electrons. The molecule has 32 heavy (non-hydrogen) atoms. The number of rotatable bonds is 8. The van der Waals surface area contributed by atoms with Crippen LogP contribution in [0.25, 0.3) is 11.1 Å². The van der Waals surface area contributed by atoms with Gasteiger partial charge in [-0.3, -0.25) is 4.79 Å². The Labute approximate surface area is 188 Å². The Hall–Kier alpha value is -3.39. The molecule has 0 heterocycles. The average molecular weight is 459 g/mol. The molecule has 4 nitrogen and oxygen atoms in total. The molecule has 0 aromatic heterocycles. The topological polar surface area (TPSA) is 72.6 Å². The van der Waals surface area contributed by atoms with E-state index < -0.39 is 23.6 Å². The zero-order valence-corrected chi connectivity index (χ0v) is 17.6. The molecule has 0 aliphatic heterocycles. The van der Waals surface area contributed by atoms with Gasteiger partial charge in [0, 0.05) is 5.92 Å². The molecular weight excluding hydrogens is 439 g/mol. The second-order valence-electron chi connectivity index (χ2n) is 7.19. The predicted octanol–water partition coefficient (Wildman–Crippen LogP) is 5.80. The third-order valence-electron chi connectivity index (χ3n) is 4.88. The number of hydrogen-bond acceptors (Lipinski definition) is 3. The standard InChI is InChI=1S/C24H20F3NO3S/c25-24(26,27)19-8-4-16(5-9-19)18-3-1-2-15(12-18)14-31-20-10-6-17(7-11-20)21(23(28)32)13-22(29)30/h1-12,21H,13-14H2,(H2,28,32)(H,29,30). The van der Waals surface area contributed by atoms with Crippen molar-refractivity contribution in [2.45, 2.75) is 25.1 Å². The van der Waals surface area contributed by atoms with Crippen LogP contribution < -0.4 is 10.5 Å². The van der Waals surface area contributed by atoms with Crippen LogP contribution in [0, 0.1) is 0 Å². The Balaban J connectivity index is 1.67. The maximum Gasteiger partial charge on any atom is 0.416 e. The summed E-state index contributed by atoms with van der Waals surface area (Å²) in [4.78, 5) is 11.1. The minimum Gasteiger partial charge on any atom is -0.489 e. The number of carboxylic acid groups (broad SMARTS) is 1. The van der Waals surface area contributed by atoms with Crippen LogP contribution in [0.3, 0.4) is 0 Å². The van der Waals surface area contributed by atoms with Gasteiger partial charge in [0.15, 0.2) is 0 Å². The Morgan fingerprint density at radius 3 is 2.22 bits per heavy atom. The molecule has 1 unspecified atom stereocenters. The summed E-state index contributed by atoms with van der Waals surface area (Å²) in [6.45, 7) is 0.252. The van der Waals surface area contributed by atoms with Gasteiger partial charge in [0.05, 0.1) is 17.0 Å². The lowest BCUT2D eigenvalue weighted by atomic mass is 9.96. The zero-order valence-electron chi connectivity index (χ0n) is 16.8. The van der Waals surface area contributed by atoms with Gasteiger partial charge in [0.1, 0.15) is 12.4 Å². The molecule has 3 aromatic carbocycles. The highest BCUT2D eigenvalue weighted by molar-refractivity contribution is 7.80. The summed E-state index contributed by atoms with van der Waals surface area (Å²) in [5, 5.41) is 9.02. The molecule has 0 bridgehead atoms. The SMILES string of the molecule is NC(=S)C(CC(=O)O)c1ccc(OCc2cccc(-c3ccc(C(F)(F)F)cc3)c2)cc1. The second-order valence-corrected chi connectivity index (χ2v) is 7.66. The van der Waals surface area contributed by atoms with Crippen molar-refractivity contribution in [1.82, 2.24) is 0 Å². The highest BCUT2D eigenvalue weighted by Gasteiger charge is 2.30. The fraction of sp³-hybridized carbons (Fsp3) is 0.167. The number of nitrogens with two attached hydrogens (primary N) is 1. The minimum atomic E-state index is -4.37. The average Bonchev–Trinajstić information content (AvgIpc) is 2.76. The number of benzene rings is 3. The number of thiocarbonyl (C=S) groups is 1. The number of alkyl halides is 3. The normalized spacial score (nSPS) is 12.2. The van der Waals surface area contributed by atoms with Crippen LogP contribution in [0.4, 0.5) is 13.2 Å². The maximum atomic E-state index is 12.8. The summed E-state index contributed by atoms with van der Waals surface area (Å²) in [6.07, 6.45) is -4.56. The van der Waals surface area contributed by atoms with E-state index in [0.29, 0.717) is 16.9 Å². The van der Waals surface area contributed by atoms with Crippen molar-refractivity contribution in [3.05, 3.63) is 89.5 Å². The number of hydrogen-bond donors (Lipinski definition) is 2. The first kappa shape index (κ1) is 23.3. The third-order valence-corrected chi connectivity index (χ3v) is 5.17. The summed E-state index contributed by atoms with van der Waals surface area (Å²) in [7, 11) is 0. The van der Waals surface area contributed by atoms with E-state index in [1.165, 1.54) is 12.1 Å². The molecule has 0 fully saturated rings. The number of aliphatic carboxylic acids is 1. The summed E-state index contributed by atoms with van der Waals surface area (Å²) < 4.78 is 44.1. The van der Waals surface area contributed by atoms with Crippen LogP contribution in [-0.2, 0) is 17.6 Å². The van der Waals surface area contributed by atoms with Crippen LogP contribution in [-0.4, -0.2) is 16.1 Å². The lowest BCUT2D eigenvalue weighted by molar-refractivity contribution is -0.138. The summed E-state index contributed by atoms with van der Waals surface area (Å²) in [5.41, 5.74) is 7.96. The number of carbonyl (C=O) groups is 1. The first-order valence-electron chi connectivity index (χ1n) is 9.64. The Morgan fingerprint density at radius 1 is 1.00 bits per heavy atom. The number of ether oxygens (including phenoxy) is 1. The Morgan fingerprint density at radius 2 is 1.66 bits per heavy atom. The van der Waals surface area contributed by atoms with E-state index in [1.807, 2.05) is 24.3 Å². The van der Waals surface area contributed by atoms with E-state index in [2.05, 4.69) is 0 Å². The van der Waals surface area contributed by atoms with E-state index in [4.69, 9.17) is 27.8 Å². The molecule has 0 saturated carbocycles. The van der Waals surface area contributed by atoms with Gasteiger partial charge < -0.3 is 15.6 Å². The minimum absolute atomic E-state index is 0.112. The van der Waals surface area contributed by atoms with Gasteiger partial charge in [-0.1, -0.05) is 54.7 Å². The van der Waals surface area contributed by atoms with Crippen LogP contribution in [0.2, 0.25) is 0 Å². The molecule has 0 aliphatic rings. The molecule has 1 atom stereocenters. The molecule has 0 radical (unpaired) electrons. The lowest BCUT2D eigenvalue weighted by Crippen LogP contribution is -2.22. The summed E-state index contributed by atoms with van der Waals surface area (Å²) >= 11 is 4.97. The summed E-state index contributed by atoms with van der Waals surface area (Å²) in [6, 6.07) is 19.2. The number of halogens is 3. The van der Waals surface area contributed by atoms with Crippen LogP contribution >= 0.6 is 12.2 Å². The van der Waals surface area contributed by atoms with Crippen molar-refractivity contribution in [2.75, 3.05) is 0 Å². The van der Waals surface area contributed by atoms with Crippen molar-refractivity contribution >= 4 is 23.2 Å². The van der Waals surface area contributed by atoms with E-state index in [1.54, 1.807) is 24.3 Å². The molecule has 0 aliphatic carbocycles. The third kappa shape index (κ3) is 6.07. The molecule has 0 spiro atoms. The van der Waals surface area contributed by atoms with Crippen LogP contribution in [0.5, 0.6) is 5.75 Å². The zero-order chi connectivity index (χ0) is 23.3. The first-order chi connectivity index (χ1) is 15.1.